The molecule has 0 spiro atoms. The van der Waals surface area contributed by atoms with E-state index in [0.717, 1.165) is 11.1 Å². The molecular weight excluding hydrogens is 374 g/mol. The molecule has 2 aliphatic rings. The van der Waals surface area contributed by atoms with Crippen LogP contribution in [0.3, 0.4) is 0 Å². The Labute approximate surface area is 166 Å². The summed E-state index contributed by atoms with van der Waals surface area (Å²) >= 11 is 0. The molecule has 1 saturated heterocycles. The molecule has 1 fully saturated rings. The average Bonchev–Trinajstić information content (AvgIpc) is 3.15. The van der Waals surface area contributed by atoms with E-state index in [0.29, 0.717) is 24.5 Å². The van der Waals surface area contributed by atoms with E-state index in [2.05, 4.69) is 0 Å². The molecule has 0 bridgehead atoms. The minimum absolute atomic E-state index is 0.0604. The van der Waals surface area contributed by atoms with Gasteiger partial charge < -0.3 is 9.64 Å². The molecule has 5 nitrogen and oxygen atoms in total. The maximum atomic E-state index is 13.5. The van der Waals surface area contributed by atoms with Crippen molar-refractivity contribution in [2.45, 2.75) is 43.1 Å². The second kappa shape index (κ2) is 6.62. The highest BCUT2D eigenvalue weighted by Crippen LogP contribution is 2.45. The van der Waals surface area contributed by atoms with Crippen molar-refractivity contribution < 1.29 is 17.9 Å². The number of amides is 1. The SMILES string of the molecule is CC(C)(C)S(=O)(=O)C1CCN(C(=O)C2c3ccccc3Oc3ccccc32)C1. The van der Waals surface area contributed by atoms with E-state index in [9.17, 15) is 13.2 Å². The van der Waals surface area contributed by atoms with Gasteiger partial charge in [0.1, 0.15) is 11.5 Å². The van der Waals surface area contributed by atoms with Crippen molar-refractivity contribution in [3.05, 3.63) is 59.7 Å². The van der Waals surface area contributed by atoms with Crippen molar-refractivity contribution in [3.63, 3.8) is 0 Å². The van der Waals surface area contributed by atoms with Crippen LogP contribution in [0.1, 0.15) is 44.2 Å². The van der Waals surface area contributed by atoms with Crippen molar-refractivity contribution in [2.75, 3.05) is 13.1 Å². The largest absolute Gasteiger partial charge is 0.457 e. The number of carbonyl (C=O) groups excluding carboxylic acids is 1. The van der Waals surface area contributed by atoms with Crippen LogP contribution in [0, 0.1) is 0 Å². The fourth-order valence-corrected chi connectivity index (χ4v) is 5.83. The Hall–Kier alpha value is -2.34. The minimum Gasteiger partial charge on any atom is -0.457 e. The van der Waals surface area contributed by atoms with Crippen LogP contribution in [0.4, 0.5) is 0 Å². The van der Waals surface area contributed by atoms with Crippen molar-refractivity contribution in [3.8, 4) is 11.5 Å². The van der Waals surface area contributed by atoms with E-state index in [1.54, 1.807) is 25.7 Å². The predicted molar refractivity (Wildman–Crippen MR) is 108 cm³/mol. The zero-order valence-electron chi connectivity index (χ0n) is 16.4. The van der Waals surface area contributed by atoms with Crippen molar-refractivity contribution in [1.29, 1.82) is 0 Å². The molecule has 28 heavy (non-hydrogen) atoms. The van der Waals surface area contributed by atoms with Gasteiger partial charge >= 0.3 is 0 Å². The summed E-state index contributed by atoms with van der Waals surface area (Å²) in [7, 11) is -3.31. The van der Waals surface area contributed by atoms with E-state index in [1.165, 1.54) is 0 Å². The van der Waals surface area contributed by atoms with Crippen LogP contribution in [0.2, 0.25) is 0 Å². The first-order valence-electron chi connectivity index (χ1n) is 9.58. The standard InChI is InChI=1S/C22H25NO4S/c1-22(2,3)28(25,26)15-12-13-23(14-15)21(24)20-16-8-4-6-10-18(16)27-19-11-7-5-9-17(19)20/h4-11,15,20H,12-14H2,1-3H3. The highest BCUT2D eigenvalue weighted by Gasteiger charge is 2.44. The molecule has 2 aromatic carbocycles. The molecule has 1 atom stereocenters. The number of hydrogen-bond donors (Lipinski definition) is 0. The lowest BCUT2D eigenvalue weighted by Gasteiger charge is -2.30. The smallest absolute Gasteiger partial charge is 0.234 e. The maximum Gasteiger partial charge on any atom is 0.234 e. The lowest BCUT2D eigenvalue weighted by molar-refractivity contribution is -0.130. The quantitative estimate of drug-likeness (QED) is 0.772. The fourth-order valence-electron chi connectivity index (χ4n) is 4.04. The van der Waals surface area contributed by atoms with Crippen LogP contribution in [-0.4, -0.2) is 42.3 Å². The van der Waals surface area contributed by atoms with Gasteiger partial charge in [-0.3, -0.25) is 4.79 Å². The second-order valence-corrected chi connectivity index (χ2v) is 11.4. The molecule has 0 aromatic heterocycles. The molecule has 1 amide bonds. The molecule has 4 rings (SSSR count). The van der Waals surface area contributed by atoms with Gasteiger partial charge in [-0.1, -0.05) is 36.4 Å². The van der Waals surface area contributed by atoms with Gasteiger partial charge in [0.2, 0.25) is 5.91 Å². The first-order chi connectivity index (χ1) is 13.2. The van der Waals surface area contributed by atoms with Gasteiger partial charge in [-0.15, -0.1) is 0 Å². The fraction of sp³-hybridized carbons (Fsp3) is 0.409. The summed E-state index contributed by atoms with van der Waals surface area (Å²) in [6.07, 6.45) is 0.484. The number of ether oxygens (including phenoxy) is 1. The van der Waals surface area contributed by atoms with Crippen molar-refractivity contribution in [1.82, 2.24) is 4.90 Å². The summed E-state index contributed by atoms with van der Waals surface area (Å²) in [4.78, 5) is 15.2. The Morgan fingerprint density at radius 3 is 2.07 bits per heavy atom. The van der Waals surface area contributed by atoms with Gasteiger partial charge in [0.15, 0.2) is 9.84 Å². The zero-order valence-corrected chi connectivity index (χ0v) is 17.2. The maximum absolute atomic E-state index is 13.5. The second-order valence-electron chi connectivity index (χ2n) is 8.46. The molecule has 0 saturated carbocycles. The molecule has 6 heteroatoms. The van der Waals surface area contributed by atoms with Gasteiger partial charge in [-0.05, 0) is 39.3 Å². The number of sulfone groups is 1. The first kappa shape index (κ1) is 19.0. The van der Waals surface area contributed by atoms with Gasteiger partial charge in [0.25, 0.3) is 0 Å². The molecule has 2 aliphatic heterocycles. The third-order valence-electron chi connectivity index (χ3n) is 5.68. The summed E-state index contributed by atoms with van der Waals surface area (Å²) in [5.41, 5.74) is 1.65. The third-order valence-corrected chi connectivity index (χ3v) is 8.65. The molecule has 2 aromatic rings. The number of rotatable bonds is 2. The Bertz CT molecular complexity index is 977. The molecule has 2 heterocycles. The first-order valence-corrected chi connectivity index (χ1v) is 11.1. The van der Waals surface area contributed by atoms with Crippen LogP contribution in [0.25, 0.3) is 0 Å². The van der Waals surface area contributed by atoms with Crippen LogP contribution >= 0.6 is 0 Å². The van der Waals surface area contributed by atoms with E-state index in [1.807, 2.05) is 48.5 Å². The molecule has 148 valence electrons. The van der Waals surface area contributed by atoms with Crippen LogP contribution in [-0.2, 0) is 14.6 Å². The molecule has 1 unspecified atom stereocenters. The summed E-state index contributed by atoms with van der Waals surface area (Å²) in [6, 6.07) is 15.1. The minimum atomic E-state index is -3.31. The summed E-state index contributed by atoms with van der Waals surface area (Å²) in [6.45, 7) is 5.87. The highest BCUT2D eigenvalue weighted by molar-refractivity contribution is 7.93. The van der Waals surface area contributed by atoms with E-state index in [4.69, 9.17) is 4.74 Å². The lowest BCUT2D eigenvalue weighted by Crippen LogP contribution is -2.41. The average molecular weight is 400 g/mol. The van der Waals surface area contributed by atoms with Crippen LogP contribution in [0.5, 0.6) is 11.5 Å². The van der Waals surface area contributed by atoms with Crippen molar-refractivity contribution >= 4 is 15.7 Å². The topological polar surface area (TPSA) is 63.7 Å². The summed E-state index contributed by atoms with van der Waals surface area (Å²) in [5.74, 6) is 0.822. The number of likely N-dealkylation sites (tertiary alicyclic amines) is 1. The van der Waals surface area contributed by atoms with Crippen LogP contribution in [0.15, 0.2) is 48.5 Å². The monoisotopic (exact) mass is 399 g/mol. The Morgan fingerprint density at radius 2 is 1.54 bits per heavy atom. The van der Waals surface area contributed by atoms with Gasteiger partial charge in [-0.2, -0.15) is 0 Å². The number of fused-ring (bicyclic) bond motifs is 2. The number of benzene rings is 2. The van der Waals surface area contributed by atoms with Gasteiger partial charge in [0, 0.05) is 24.2 Å². The van der Waals surface area contributed by atoms with Gasteiger partial charge in [0.05, 0.1) is 15.9 Å². The predicted octanol–water partition coefficient (Wildman–Crippen LogP) is 3.74. The van der Waals surface area contributed by atoms with Crippen molar-refractivity contribution in [2.24, 2.45) is 0 Å². The number of para-hydroxylation sites is 2. The number of hydrogen-bond acceptors (Lipinski definition) is 4. The van der Waals surface area contributed by atoms with Crippen LogP contribution < -0.4 is 4.74 Å². The third kappa shape index (κ3) is 3.00. The molecule has 0 N–H and O–H groups in total. The van der Waals surface area contributed by atoms with E-state index in [-0.39, 0.29) is 12.5 Å². The summed E-state index contributed by atoms with van der Waals surface area (Å²) in [5, 5.41) is -0.512. The van der Waals surface area contributed by atoms with Gasteiger partial charge in [-0.25, -0.2) is 8.42 Å². The van der Waals surface area contributed by atoms with E-state index >= 15 is 0 Å². The highest BCUT2D eigenvalue weighted by atomic mass is 32.2. The number of nitrogens with zero attached hydrogens (tertiary/aromatic N) is 1. The summed E-state index contributed by atoms with van der Waals surface area (Å²) < 4.78 is 30.8. The molecular formula is C22H25NO4S. The Morgan fingerprint density at radius 1 is 1.00 bits per heavy atom. The molecule has 0 aliphatic carbocycles. The zero-order chi connectivity index (χ0) is 20.1. The van der Waals surface area contributed by atoms with E-state index < -0.39 is 25.8 Å². The molecule has 0 radical (unpaired) electrons. The lowest BCUT2D eigenvalue weighted by atomic mass is 9.87. The number of carbonyl (C=O) groups is 1. The Kier molecular flexibility index (Phi) is 4.49. The normalized spacial score (nSPS) is 19.7. The Balaban J connectivity index is 1.67.